The molecule has 3 heterocycles. The van der Waals surface area contributed by atoms with E-state index < -0.39 is 18.0 Å². The Morgan fingerprint density at radius 2 is 1.85 bits per heavy atom. The lowest BCUT2D eigenvalue weighted by molar-refractivity contribution is -0.119. The molecule has 2 fully saturated rings. The standard InChI is InChI=1S/C24H31FN4O5/c1-15-10-27(12-19-5-6-20(14-30)33-19)11-16(2)29(15)23-7-4-18(8-22(23)25)28-13-21(34-24(28)32)9-26-17(3)31/h4-8,15-16,21,30H,9-14H2,1-3H3,(H,26,31)/t15?,16?,21-/m0/s1. The van der Waals surface area contributed by atoms with Gasteiger partial charge in [0.05, 0.1) is 31.0 Å². The van der Waals surface area contributed by atoms with E-state index in [2.05, 4.69) is 29.0 Å². The Kier molecular flexibility index (Phi) is 7.08. The Hall–Kier alpha value is -3.11. The zero-order valence-electron chi connectivity index (χ0n) is 19.7. The van der Waals surface area contributed by atoms with Gasteiger partial charge in [0.25, 0.3) is 0 Å². The van der Waals surface area contributed by atoms with Crippen LogP contribution in [0.15, 0.2) is 34.7 Å². The molecule has 2 aliphatic rings. The third kappa shape index (κ3) is 5.18. The smallest absolute Gasteiger partial charge is 0.414 e. The number of anilines is 2. The molecule has 2 unspecified atom stereocenters. The maximum atomic E-state index is 15.3. The number of hydrogen-bond acceptors (Lipinski definition) is 7. The number of amides is 2. The molecular formula is C24H31FN4O5. The molecule has 0 aliphatic carbocycles. The van der Waals surface area contributed by atoms with Gasteiger partial charge in [-0.25, -0.2) is 9.18 Å². The Bertz CT molecular complexity index is 1030. The highest BCUT2D eigenvalue weighted by molar-refractivity contribution is 5.90. The van der Waals surface area contributed by atoms with Crippen LogP contribution in [0.4, 0.5) is 20.6 Å². The second kappa shape index (κ2) is 10.0. The zero-order chi connectivity index (χ0) is 24.4. The van der Waals surface area contributed by atoms with Crippen molar-refractivity contribution in [3.8, 4) is 0 Å². The van der Waals surface area contributed by atoms with Crippen LogP contribution in [-0.2, 0) is 22.7 Å². The van der Waals surface area contributed by atoms with Gasteiger partial charge in [-0.15, -0.1) is 0 Å². The summed E-state index contributed by atoms with van der Waals surface area (Å²) in [6.45, 7) is 7.93. The number of nitrogens with one attached hydrogen (secondary N) is 1. The molecule has 1 aromatic heterocycles. The molecule has 2 aliphatic heterocycles. The van der Waals surface area contributed by atoms with Crippen molar-refractivity contribution >= 4 is 23.4 Å². The van der Waals surface area contributed by atoms with Gasteiger partial charge >= 0.3 is 6.09 Å². The van der Waals surface area contributed by atoms with Crippen molar-refractivity contribution < 1.29 is 28.2 Å². The van der Waals surface area contributed by atoms with E-state index in [4.69, 9.17) is 9.15 Å². The zero-order valence-corrected chi connectivity index (χ0v) is 19.7. The number of aliphatic hydroxyl groups is 1. The van der Waals surface area contributed by atoms with Crippen LogP contribution in [0.25, 0.3) is 0 Å². The molecule has 9 nitrogen and oxygen atoms in total. The van der Waals surface area contributed by atoms with E-state index in [1.54, 1.807) is 18.2 Å². The quantitative estimate of drug-likeness (QED) is 0.636. The third-order valence-corrected chi connectivity index (χ3v) is 6.22. The van der Waals surface area contributed by atoms with Crippen molar-refractivity contribution in [2.24, 2.45) is 0 Å². The molecule has 2 saturated heterocycles. The van der Waals surface area contributed by atoms with Crippen molar-refractivity contribution in [3.63, 3.8) is 0 Å². The Labute approximate surface area is 198 Å². The van der Waals surface area contributed by atoms with E-state index in [9.17, 15) is 14.7 Å². The van der Waals surface area contributed by atoms with E-state index in [0.717, 1.165) is 18.8 Å². The number of aliphatic hydroxyl groups excluding tert-OH is 1. The number of nitrogens with zero attached hydrogens (tertiary/aromatic N) is 3. The molecule has 10 heteroatoms. The van der Waals surface area contributed by atoms with Gasteiger partial charge in [0.15, 0.2) is 0 Å². The van der Waals surface area contributed by atoms with Gasteiger partial charge in [0.1, 0.15) is 30.0 Å². The van der Waals surface area contributed by atoms with Crippen LogP contribution in [0.3, 0.4) is 0 Å². The van der Waals surface area contributed by atoms with Gasteiger partial charge in [-0.05, 0) is 44.2 Å². The van der Waals surface area contributed by atoms with E-state index >= 15 is 4.39 Å². The molecule has 2 N–H and O–H groups in total. The van der Waals surface area contributed by atoms with Crippen molar-refractivity contribution in [2.75, 3.05) is 36.0 Å². The molecule has 34 heavy (non-hydrogen) atoms. The molecule has 0 bridgehead atoms. The molecule has 3 atom stereocenters. The highest BCUT2D eigenvalue weighted by atomic mass is 19.1. The normalized spacial score (nSPS) is 23.3. The number of halogens is 1. The number of carbonyl (C=O) groups is 2. The fourth-order valence-electron chi connectivity index (χ4n) is 4.82. The number of furan rings is 1. The molecule has 2 aromatic rings. The highest BCUT2D eigenvalue weighted by Gasteiger charge is 2.34. The van der Waals surface area contributed by atoms with Crippen LogP contribution in [0, 0.1) is 5.82 Å². The molecule has 4 rings (SSSR count). The van der Waals surface area contributed by atoms with Gasteiger partial charge in [-0.1, -0.05) is 0 Å². The number of hydrogen-bond donors (Lipinski definition) is 2. The van der Waals surface area contributed by atoms with Crippen LogP contribution in [-0.4, -0.2) is 66.4 Å². The average molecular weight is 475 g/mol. The lowest BCUT2D eigenvalue weighted by Gasteiger charge is -2.45. The van der Waals surface area contributed by atoms with E-state index in [1.165, 1.54) is 17.9 Å². The van der Waals surface area contributed by atoms with Gasteiger partial charge in [-0.3, -0.25) is 14.6 Å². The summed E-state index contributed by atoms with van der Waals surface area (Å²) in [5.74, 6) is 0.732. The minimum Gasteiger partial charge on any atom is -0.462 e. The SMILES string of the molecule is CC(=O)NC[C@H]1CN(c2ccc(N3C(C)CN(Cc4ccc(CO)o4)CC3C)c(F)c2)C(=O)O1. The minimum atomic E-state index is -0.555. The average Bonchev–Trinajstić information content (AvgIpc) is 3.38. The summed E-state index contributed by atoms with van der Waals surface area (Å²) in [7, 11) is 0. The first-order valence-corrected chi connectivity index (χ1v) is 11.5. The lowest BCUT2D eigenvalue weighted by Crippen LogP contribution is -2.56. The number of ether oxygens (including phenoxy) is 1. The van der Waals surface area contributed by atoms with Gasteiger partial charge in [-0.2, -0.15) is 0 Å². The van der Waals surface area contributed by atoms with Crippen molar-refractivity contribution in [1.82, 2.24) is 10.2 Å². The second-order valence-electron chi connectivity index (χ2n) is 9.01. The molecular weight excluding hydrogens is 443 g/mol. The van der Waals surface area contributed by atoms with Crippen molar-refractivity contribution in [2.45, 2.75) is 52.1 Å². The number of carbonyl (C=O) groups excluding carboxylic acids is 2. The Morgan fingerprint density at radius 1 is 1.15 bits per heavy atom. The van der Waals surface area contributed by atoms with Crippen LogP contribution >= 0.6 is 0 Å². The topological polar surface area (TPSA) is 98.5 Å². The molecule has 0 spiro atoms. The molecule has 1 aromatic carbocycles. The first-order valence-electron chi connectivity index (χ1n) is 11.5. The summed E-state index contributed by atoms with van der Waals surface area (Å²) in [6.07, 6.45) is -1.03. The van der Waals surface area contributed by atoms with Gasteiger partial charge in [0, 0.05) is 32.1 Å². The first-order chi connectivity index (χ1) is 16.2. The Morgan fingerprint density at radius 3 is 2.47 bits per heavy atom. The largest absolute Gasteiger partial charge is 0.462 e. The van der Waals surface area contributed by atoms with E-state index in [-0.39, 0.29) is 37.7 Å². The summed E-state index contributed by atoms with van der Waals surface area (Å²) in [4.78, 5) is 29.1. The molecule has 0 radical (unpaired) electrons. The predicted octanol–water partition coefficient (Wildman–Crippen LogP) is 2.47. The summed E-state index contributed by atoms with van der Waals surface area (Å²) in [5, 5.41) is 11.8. The third-order valence-electron chi connectivity index (χ3n) is 6.22. The lowest BCUT2D eigenvalue weighted by atomic mass is 10.1. The van der Waals surface area contributed by atoms with Crippen LogP contribution < -0.4 is 15.1 Å². The van der Waals surface area contributed by atoms with E-state index in [0.29, 0.717) is 23.7 Å². The van der Waals surface area contributed by atoms with Crippen LogP contribution in [0.5, 0.6) is 0 Å². The maximum Gasteiger partial charge on any atom is 0.414 e. The monoisotopic (exact) mass is 474 g/mol. The Balaban J connectivity index is 1.42. The van der Waals surface area contributed by atoms with Crippen molar-refractivity contribution in [1.29, 1.82) is 0 Å². The minimum absolute atomic E-state index is 0.0511. The first kappa shape index (κ1) is 24.0. The maximum absolute atomic E-state index is 15.3. The number of benzene rings is 1. The van der Waals surface area contributed by atoms with E-state index in [1.807, 2.05) is 6.07 Å². The predicted molar refractivity (Wildman–Crippen MR) is 124 cm³/mol. The van der Waals surface area contributed by atoms with Crippen LogP contribution in [0.2, 0.25) is 0 Å². The summed E-state index contributed by atoms with van der Waals surface area (Å²) >= 11 is 0. The van der Waals surface area contributed by atoms with Crippen LogP contribution in [0.1, 0.15) is 32.3 Å². The number of cyclic esters (lactones) is 1. The number of rotatable bonds is 7. The van der Waals surface area contributed by atoms with Crippen molar-refractivity contribution in [3.05, 3.63) is 47.7 Å². The number of piperazine rings is 1. The van der Waals surface area contributed by atoms with Gasteiger partial charge < -0.3 is 24.5 Å². The summed E-state index contributed by atoms with van der Waals surface area (Å²) < 4.78 is 26.2. The molecule has 0 saturated carbocycles. The fourth-order valence-corrected chi connectivity index (χ4v) is 4.82. The van der Waals surface area contributed by atoms with Gasteiger partial charge in [0.2, 0.25) is 5.91 Å². The molecule has 2 amide bonds. The summed E-state index contributed by atoms with van der Waals surface area (Å²) in [5.41, 5.74) is 0.916. The summed E-state index contributed by atoms with van der Waals surface area (Å²) in [6, 6.07) is 8.55. The second-order valence-corrected chi connectivity index (χ2v) is 9.01. The highest BCUT2D eigenvalue weighted by Crippen LogP contribution is 2.32. The fraction of sp³-hybridized carbons (Fsp3) is 0.500. The molecule has 184 valence electrons.